The minimum atomic E-state index is -4.73. The van der Waals surface area contributed by atoms with Gasteiger partial charge < -0.3 is 20.4 Å². The molecule has 0 bridgehead atoms. The Morgan fingerprint density at radius 2 is 1.76 bits per heavy atom. The summed E-state index contributed by atoms with van der Waals surface area (Å²) in [7, 11) is -4.73. The Kier molecular flexibility index (Phi) is 8.98. The highest BCUT2D eigenvalue weighted by atomic mass is 35.5. The fraction of sp³-hybridized carbons (Fsp3) is 0.632. The number of unbranched alkanes of at least 4 members (excludes halogenated alkanes) is 5. The van der Waals surface area contributed by atoms with E-state index >= 15 is 0 Å². The van der Waals surface area contributed by atoms with Gasteiger partial charge in [0.05, 0.1) is 22.3 Å². The zero-order valence-corrected chi connectivity index (χ0v) is 19.0. The molecule has 1 aromatic carbocycles. The van der Waals surface area contributed by atoms with E-state index in [-0.39, 0.29) is 13.0 Å². The molecule has 1 amide bonds. The van der Waals surface area contributed by atoms with Gasteiger partial charge in [0.1, 0.15) is 5.54 Å². The van der Waals surface area contributed by atoms with Crippen LogP contribution in [-0.2, 0) is 20.3 Å². The second-order valence-electron chi connectivity index (χ2n) is 7.55. The lowest BCUT2D eigenvalue weighted by atomic mass is 10.0. The van der Waals surface area contributed by atoms with Crippen molar-refractivity contribution in [2.75, 3.05) is 18.1 Å². The standard InChI is InChI=1S/C19H29Cl2N2O5P/c1-2-3-4-5-6-7-8-14-11-15(20)17(16(21)12-14)23-10-9-19(22,18(23)24)13-28-29(25,26)27/h11-12H,2-10,13,22H2,1H3,(H2,25,26,27). The number of nitrogens with two attached hydrogens (primary N) is 1. The Balaban J connectivity index is 2.03. The monoisotopic (exact) mass is 466 g/mol. The maximum absolute atomic E-state index is 12.8. The summed E-state index contributed by atoms with van der Waals surface area (Å²) in [4.78, 5) is 31.9. The van der Waals surface area contributed by atoms with E-state index in [0.717, 1.165) is 24.8 Å². The number of aryl methyl sites for hydroxylation is 1. The van der Waals surface area contributed by atoms with Gasteiger partial charge in [-0.05, 0) is 37.0 Å². The summed E-state index contributed by atoms with van der Waals surface area (Å²) in [5, 5.41) is 0.707. The number of rotatable bonds is 11. The Labute approximate surface area is 181 Å². The molecule has 1 saturated heterocycles. The van der Waals surface area contributed by atoms with Gasteiger partial charge >= 0.3 is 7.82 Å². The topological polar surface area (TPSA) is 113 Å². The van der Waals surface area contributed by atoms with Gasteiger partial charge in [0.2, 0.25) is 5.91 Å². The predicted molar refractivity (Wildman–Crippen MR) is 115 cm³/mol. The number of amides is 1. The average molecular weight is 467 g/mol. The Morgan fingerprint density at radius 3 is 2.34 bits per heavy atom. The fourth-order valence-electron chi connectivity index (χ4n) is 3.46. The number of hydrogen-bond donors (Lipinski definition) is 3. The molecule has 10 heteroatoms. The maximum Gasteiger partial charge on any atom is 0.469 e. The highest BCUT2D eigenvalue weighted by Gasteiger charge is 2.46. The van der Waals surface area contributed by atoms with Crippen LogP contribution >= 0.6 is 31.0 Å². The van der Waals surface area contributed by atoms with Crippen molar-refractivity contribution in [2.45, 2.75) is 63.8 Å². The number of halogens is 2. The quantitative estimate of drug-likeness (QED) is 0.328. The molecule has 1 fully saturated rings. The highest BCUT2D eigenvalue weighted by Crippen LogP contribution is 2.41. The van der Waals surface area contributed by atoms with Crippen LogP contribution in [0.4, 0.5) is 5.69 Å². The summed E-state index contributed by atoms with van der Waals surface area (Å²) in [6.07, 6.45) is 8.16. The molecule has 1 aliphatic heterocycles. The lowest BCUT2D eigenvalue weighted by Crippen LogP contribution is -2.51. The average Bonchev–Trinajstić information content (AvgIpc) is 2.91. The lowest BCUT2D eigenvalue weighted by molar-refractivity contribution is -0.122. The zero-order valence-electron chi connectivity index (χ0n) is 16.6. The highest BCUT2D eigenvalue weighted by molar-refractivity contribution is 7.46. The molecular formula is C19H29Cl2N2O5P. The number of carbonyl (C=O) groups excluding carboxylic acids is 1. The van der Waals surface area contributed by atoms with E-state index < -0.39 is 25.9 Å². The molecule has 4 N–H and O–H groups in total. The third-order valence-corrected chi connectivity index (χ3v) is 6.15. The summed E-state index contributed by atoms with van der Waals surface area (Å²) in [6.45, 7) is 1.84. The van der Waals surface area contributed by atoms with Crippen LogP contribution < -0.4 is 10.6 Å². The number of benzene rings is 1. The molecule has 1 aromatic rings. The van der Waals surface area contributed by atoms with Crippen molar-refractivity contribution in [1.29, 1.82) is 0 Å². The third-order valence-electron chi connectivity index (χ3n) is 5.11. The molecule has 1 heterocycles. The van der Waals surface area contributed by atoms with E-state index in [1.807, 2.05) is 12.1 Å². The Morgan fingerprint density at radius 1 is 1.17 bits per heavy atom. The molecular weight excluding hydrogens is 438 g/mol. The molecule has 0 saturated carbocycles. The van der Waals surface area contributed by atoms with Crippen molar-refractivity contribution in [3.63, 3.8) is 0 Å². The molecule has 1 unspecified atom stereocenters. The third kappa shape index (κ3) is 6.93. The number of hydrogen-bond acceptors (Lipinski definition) is 4. The van der Waals surface area contributed by atoms with Gasteiger partial charge in [-0.25, -0.2) is 4.57 Å². The van der Waals surface area contributed by atoms with Gasteiger partial charge in [0.25, 0.3) is 0 Å². The second kappa shape index (κ2) is 10.6. The molecule has 0 aliphatic carbocycles. The van der Waals surface area contributed by atoms with Crippen LogP contribution in [0.25, 0.3) is 0 Å². The SMILES string of the molecule is CCCCCCCCc1cc(Cl)c(N2CCC(N)(COP(=O)(O)O)C2=O)c(Cl)c1. The first-order valence-electron chi connectivity index (χ1n) is 9.86. The van der Waals surface area contributed by atoms with Crippen molar-refractivity contribution in [2.24, 2.45) is 5.73 Å². The first-order chi connectivity index (χ1) is 13.6. The van der Waals surface area contributed by atoms with Gasteiger partial charge in [0.15, 0.2) is 0 Å². The van der Waals surface area contributed by atoms with Gasteiger partial charge in [-0.15, -0.1) is 0 Å². The lowest BCUT2D eigenvalue weighted by Gasteiger charge is -2.24. The van der Waals surface area contributed by atoms with E-state index in [9.17, 15) is 9.36 Å². The van der Waals surface area contributed by atoms with E-state index in [1.165, 1.54) is 30.6 Å². The van der Waals surface area contributed by atoms with Crippen LogP contribution in [0.1, 0.15) is 57.4 Å². The summed E-state index contributed by atoms with van der Waals surface area (Å²) in [5.74, 6) is -0.529. The van der Waals surface area contributed by atoms with Crippen molar-refractivity contribution < 1.29 is 23.7 Å². The van der Waals surface area contributed by atoms with Crippen LogP contribution in [0, 0.1) is 0 Å². The van der Waals surface area contributed by atoms with Crippen molar-refractivity contribution in [1.82, 2.24) is 0 Å². The van der Waals surface area contributed by atoms with Crippen molar-refractivity contribution in [3.8, 4) is 0 Å². The molecule has 164 valence electrons. The van der Waals surface area contributed by atoms with Crippen molar-refractivity contribution >= 4 is 42.6 Å². The number of phosphoric acid groups is 1. The van der Waals surface area contributed by atoms with Gasteiger partial charge in [-0.1, -0.05) is 62.2 Å². The zero-order chi connectivity index (χ0) is 21.7. The van der Waals surface area contributed by atoms with Gasteiger partial charge in [0, 0.05) is 6.54 Å². The summed E-state index contributed by atoms with van der Waals surface area (Å²) in [6, 6.07) is 3.62. The number of carbonyl (C=O) groups is 1. The summed E-state index contributed by atoms with van der Waals surface area (Å²) >= 11 is 12.9. The van der Waals surface area contributed by atoms with E-state index in [4.69, 9.17) is 38.7 Å². The first kappa shape index (κ1) is 24.6. The summed E-state index contributed by atoms with van der Waals surface area (Å²) < 4.78 is 15.4. The van der Waals surface area contributed by atoms with Crippen LogP contribution in [0.2, 0.25) is 10.0 Å². The smallest absolute Gasteiger partial charge is 0.315 e. The number of anilines is 1. The van der Waals surface area contributed by atoms with Gasteiger partial charge in [-0.2, -0.15) is 0 Å². The normalized spacial score (nSPS) is 19.9. The van der Waals surface area contributed by atoms with E-state index in [0.29, 0.717) is 15.7 Å². The molecule has 0 spiro atoms. The molecule has 0 radical (unpaired) electrons. The Bertz CT molecular complexity index is 750. The molecule has 7 nitrogen and oxygen atoms in total. The van der Waals surface area contributed by atoms with E-state index in [1.54, 1.807) is 0 Å². The number of phosphoric ester groups is 1. The molecule has 1 aliphatic rings. The molecule has 1 atom stereocenters. The number of nitrogens with zero attached hydrogens (tertiary/aromatic N) is 1. The Hall–Kier alpha value is -0.660. The van der Waals surface area contributed by atoms with Crippen LogP contribution in [-0.4, -0.2) is 34.4 Å². The summed E-state index contributed by atoms with van der Waals surface area (Å²) in [5.41, 5.74) is 5.88. The van der Waals surface area contributed by atoms with Gasteiger partial charge in [-0.3, -0.25) is 9.32 Å². The van der Waals surface area contributed by atoms with Crippen LogP contribution in [0.5, 0.6) is 0 Å². The van der Waals surface area contributed by atoms with Crippen LogP contribution in [0.15, 0.2) is 12.1 Å². The second-order valence-corrected chi connectivity index (χ2v) is 9.61. The minimum Gasteiger partial charge on any atom is -0.315 e. The maximum atomic E-state index is 12.8. The van der Waals surface area contributed by atoms with Crippen LogP contribution in [0.3, 0.4) is 0 Å². The van der Waals surface area contributed by atoms with E-state index in [2.05, 4.69) is 11.4 Å². The largest absolute Gasteiger partial charge is 0.469 e. The minimum absolute atomic E-state index is 0.165. The first-order valence-corrected chi connectivity index (χ1v) is 12.1. The molecule has 0 aromatic heterocycles. The predicted octanol–water partition coefficient (Wildman–Crippen LogP) is 4.44. The molecule has 2 rings (SSSR count). The van der Waals surface area contributed by atoms with Crippen molar-refractivity contribution in [3.05, 3.63) is 27.7 Å². The fourth-order valence-corrected chi connectivity index (χ4v) is 4.60. The molecule has 29 heavy (non-hydrogen) atoms.